The van der Waals surface area contributed by atoms with Crippen LogP contribution >= 0.6 is 0 Å². The summed E-state index contributed by atoms with van der Waals surface area (Å²) in [6.45, 7) is 6.18. The molecule has 0 spiro atoms. The Bertz CT molecular complexity index is 560. The molecule has 0 aromatic heterocycles. The fourth-order valence-electron chi connectivity index (χ4n) is 3.12. The van der Waals surface area contributed by atoms with E-state index in [1.807, 2.05) is 31.2 Å². The minimum Gasteiger partial charge on any atom is -0.377 e. The number of benzene rings is 1. The Kier molecular flexibility index (Phi) is 5.15. The van der Waals surface area contributed by atoms with Gasteiger partial charge >= 0.3 is 0 Å². The molecule has 1 aromatic rings. The molecular weight excluding hydrogens is 276 g/mol. The van der Waals surface area contributed by atoms with E-state index >= 15 is 0 Å². The van der Waals surface area contributed by atoms with Crippen molar-refractivity contribution in [1.82, 2.24) is 10.9 Å². The molecule has 0 bridgehead atoms. The topological polar surface area (TPSA) is 91.9 Å². The van der Waals surface area contributed by atoms with E-state index in [0.717, 1.165) is 5.56 Å². The predicted molar refractivity (Wildman–Crippen MR) is 83.2 cm³/mol. The lowest BCUT2D eigenvalue weighted by Crippen LogP contribution is -2.34. The van der Waals surface area contributed by atoms with Crippen molar-refractivity contribution in [2.75, 3.05) is 0 Å². The summed E-state index contributed by atoms with van der Waals surface area (Å²) in [6.07, 6.45) is -0.783. The van der Waals surface area contributed by atoms with Crippen LogP contribution in [-0.2, 0) is 0 Å². The zero-order valence-corrected chi connectivity index (χ0v) is 13.1. The third-order valence-corrected chi connectivity index (χ3v) is 4.44. The van der Waals surface area contributed by atoms with Crippen molar-refractivity contribution in [3.63, 3.8) is 0 Å². The third kappa shape index (κ3) is 3.13. The van der Waals surface area contributed by atoms with Gasteiger partial charge in [0.05, 0.1) is 12.1 Å². The van der Waals surface area contributed by atoms with Crippen LogP contribution in [0.5, 0.6) is 0 Å². The molecule has 0 aliphatic carbocycles. The molecule has 0 amide bonds. The van der Waals surface area contributed by atoms with Gasteiger partial charge in [-0.25, -0.2) is 5.43 Å². The van der Waals surface area contributed by atoms with Gasteiger partial charge in [-0.05, 0) is 24.0 Å². The number of hydrazine groups is 1. The highest BCUT2D eigenvalue weighted by molar-refractivity contribution is 5.31. The monoisotopic (exact) mass is 298 g/mol. The molecule has 1 aromatic carbocycles. The largest absolute Gasteiger partial charge is 0.377 e. The minimum absolute atomic E-state index is 0.0334. The van der Waals surface area contributed by atoms with Gasteiger partial charge in [-0.2, -0.15) is 10.5 Å². The Morgan fingerprint density at radius 3 is 2.00 bits per heavy atom. The molecule has 22 heavy (non-hydrogen) atoms. The molecule has 4 unspecified atom stereocenters. The third-order valence-electron chi connectivity index (χ3n) is 4.44. The first-order chi connectivity index (χ1) is 10.5. The smallest absolute Gasteiger partial charge is 0.140 e. The number of hydrogen-bond donors (Lipinski definition) is 3. The van der Waals surface area contributed by atoms with E-state index in [1.165, 1.54) is 5.56 Å². The number of aliphatic hydroxyl groups excluding tert-OH is 1. The van der Waals surface area contributed by atoms with E-state index in [1.54, 1.807) is 0 Å². The molecule has 1 fully saturated rings. The normalized spacial score (nSPS) is 25.9. The first kappa shape index (κ1) is 16.5. The van der Waals surface area contributed by atoms with Gasteiger partial charge < -0.3 is 5.11 Å². The van der Waals surface area contributed by atoms with Crippen molar-refractivity contribution in [2.24, 2.45) is 11.8 Å². The van der Waals surface area contributed by atoms with Gasteiger partial charge in [-0.3, -0.25) is 5.43 Å². The van der Waals surface area contributed by atoms with Crippen molar-refractivity contribution < 1.29 is 5.11 Å². The molecular formula is C17H22N4O. The van der Waals surface area contributed by atoms with E-state index in [0.29, 0.717) is 5.92 Å². The van der Waals surface area contributed by atoms with Crippen molar-refractivity contribution in [1.29, 1.82) is 10.5 Å². The van der Waals surface area contributed by atoms with Crippen molar-refractivity contribution in [3.8, 4) is 12.1 Å². The van der Waals surface area contributed by atoms with Crippen LogP contribution in [0.3, 0.4) is 0 Å². The van der Waals surface area contributed by atoms with E-state index in [4.69, 9.17) is 0 Å². The first-order valence-corrected chi connectivity index (χ1v) is 7.57. The highest BCUT2D eigenvalue weighted by Crippen LogP contribution is 2.37. The average molecular weight is 298 g/mol. The van der Waals surface area contributed by atoms with Crippen molar-refractivity contribution >= 4 is 0 Å². The van der Waals surface area contributed by atoms with E-state index < -0.39 is 12.1 Å². The molecule has 4 atom stereocenters. The Morgan fingerprint density at radius 2 is 1.59 bits per heavy atom. The second kappa shape index (κ2) is 6.89. The van der Waals surface area contributed by atoms with Crippen LogP contribution in [0.2, 0.25) is 0 Å². The highest BCUT2D eigenvalue weighted by atomic mass is 16.3. The van der Waals surface area contributed by atoms with Gasteiger partial charge in [0.25, 0.3) is 0 Å². The van der Waals surface area contributed by atoms with Gasteiger partial charge in [0.2, 0.25) is 0 Å². The quantitative estimate of drug-likeness (QED) is 0.790. The molecule has 1 saturated heterocycles. The lowest BCUT2D eigenvalue weighted by molar-refractivity contribution is 0.0894. The van der Waals surface area contributed by atoms with Crippen LogP contribution in [-0.4, -0.2) is 17.4 Å². The molecule has 116 valence electrons. The summed E-state index contributed by atoms with van der Waals surface area (Å²) >= 11 is 0. The first-order valence-electron chi connectivity index (χ1n) is 7.57. The Balaban J connectivity index is 2.41. The number of rotatable bonds is 4. The van der Waals surface area contributed by atoms with Gasteiger partial charge in [-0.1, -0.05) is 38.1 Å². The van der Waals surface area contributed by atoms with Crippen LogP contribution in [0.25, 0.3) is 0 Å². The Hall–Kier alpha value is -1.92. The van der Waals surface area contributed by atoms with Crippen LogP contribution < -0.4 is 10.9 Å². The fourth-order valence-corrected chi connectivity index (χ4v) is 3.12. The van der Waals surface area contributed by atoms with Crippen LogP contribution in [0, 0.1) is 34.5 Å². The standard InChI is InChI=1S/C17H22N4O/c1-10(2)12-4-6-13(7-5-12)16(14(8-18)9-19)15-11(3)20-21-17(15)22/h4-7,10-11,14-17,20-22H,1-3H3. The lowest BCUT2D eigenvalue weighted by atomic mass is 9.74. The fraction of sp³-hybridized carbons (Fsp3) is 0.529. The van der Waals surface area contributed by atoms with E-state index in [9.17, 15) is 15.6 Å². The second-order valence-electron chi connectivity index (χ2n) is 6.18. The lowest BCUT2D eigenvalue weighted by Gasteiger charge is -2.29. The van der Waals surface area contributed by atoms with Gasteiger partial charge in [0.1, 0.15) is 12.1 Å². The maximum atomic E-state index is 10.2. The number of aliphatic hydroxyl groups is 1. The SMILES string of the molecule is CC(C)c1ccc(C(C(C#N)C#N)C2C(C)NNC2O)cc1. The highest BCUT2D eigenvalue weighted by Gasteiger charge is 2.42. The predicted octanol–water partition coefficient (Wildman–Crippen LogP) is 1.99. The van der Waals surface area contributed by atoms with Gasteiger partial charge in [-0.15, -0.1) is 0 Å². The zero-order valence-electron chi connectivity index (χ0n) is 13.1. The molecule has 1 aliphatic rings. The van der Waals surface area contributed by atoms with Crippen molar-refractivity contribution in [3.05, 3.63) is 35.4 Å². The summed E-state index contributed by atoms with van der Waals surface area (Å²) in [5, 5.41) is 28.9. The average Bonchev–Trinajstić information content (AvgIpc) is 2.84. The summed E-state index contributed by atoms with van der Waals surface area (Å²) in [5.74, 6) is -0.957. The summed E-state index contributed by atoms with van der Waals surface area (Å²) in [5.41, 5.74) is 7.90. The molecule has 3 N–H and O–H groups in total. The van der Waals surface area contributed by atoms with E-state index in [-0.39, 0.29) is 17.9 Å². The minimum atomic E-state index is -0.798. The Labute approximate surface area is 131 Å². The summed E-state index contributed by atoms with van der Waals surface area (Å²) in [4.78, 5) is 0. The van der Waals surface area contributed by atoms with Crippen LogP contribution in [0.15, 0.2) is 24.3 Å². The molecule has 0 saturated carbocycles. The zero-order chi connectivity index (χ0) is 16.3. The van der Waals surface area contributed by atoms with Crippen molar-refractivity contribution in [2.45, 2.75) is 44.9 Å². The molecule has 5 nitrogen and oxygen atoms in total. The summed E-state index contributed by atoms with van der Waals surface area (Å²) in [7, 11) is 0. The maximum absolute atomic E-state index is 10.2. The summed E-state index contributed by atoms with van der Waals surface area (Å²) in [6, 6.07) is 12.1. The second-order valence-corrected chi connectivity index (χ2v) is 6.18. The maximum Gasteiger partial charge on any atom is 0.140 e. The molecule has 0 radical (unpaired) electrons. The molecule has 1 aliphatic heterocycles. The van der Waals surface area contributed by atoms with Gasteiger partial charge in [0.15, 0.2) is 0 Å². The molecule has 2 rings (SSSR count). The van der Waals surface area contributed by atoms with Crippen LogP contribution in [0.4, 0.5) is 0 Å². The van der Waals surface area contributed by atoms with Crippen LogP contribution in [0.1, 0.15) is 43.7 Å². The molecule has 1 heterocycles. The summed E-state index contributed by atoms with van der Waals surface area (Å²) < 4.78 is 0. The molecule has 5 heteroatoms. The number of nitriles is 2. The Morgan fingerprint density at radius 1 is 1.05 bits per heavy atom. The number of nitrogens with one attached hydrogen (secondary N) is 2. The van der Waals surface area contributed by atoms with E-state index in [2.05, 4.69) is 36.8 Å². The number of nitrogens with zero attached hydrogens (tertiary/aromatic N) is 2. The van der Waals surface area contributed by atoms with Gasteiger partial charge in [0, 0.05) is 17.9 Å². The number of hydrogen-bond acceptors (Lipinski definition) is 5.